The summed E-state index contributed by atoms with van der Waals surface area (Å²) in [5.41, 5.74) is 0. The second-order valence-electron chi connectivity index (χ2n) is 3.48. The van der Waals surface area contributed by atoms with Crippen molar-refractivity contribution >= 4 is 5.91 Å². The van der Waals surface area contributed by atoms with Crippen LogP contribution < -0.4 is 5.32 Å². The molecule has 1 fully saturated rings. The van der Waals surface area contributed by atoms with E-state index in [1.54, 1.807) is 24.1 Å². The minimum absolute atomic E-state index is 0.0922. The molecule has 0 bridgehead atoms. The van der Waals surface area contributed by atoms with Gasteiger partial charge in [0, 0.05) is 26.0 Å². The average molecular weight is 194 g/mol. The van der Waals surface area contributed by atoms with Gasteiger partial charge in [-0.1, -0.05) is 0 Å². The quantitative estimate of drug-likeness (QED) is 0.745. The molecule has 4 heteroatoms. The minimum atomic E-state index is -0.104. The molecule has 1 saturated heterocycles. The number of aromatic nitrogens is 1. The van der Waals surface area contributed by atoms with Crippen LogP contribution in [-0.4, -0.2) is 36.3 Å². The molecule has 4 nitrogen and oxygen atoms in total. The molecule has 2 heterocycles. The van der Waals surface area contributed by atoms with E-state index in [0.29, 0.717) is 0 Å². The third kappa shape index (κ3) is 1.71. The van der Waals surface area contributed by atoms with Crippen molar-refractivity contribution in [3.05, 3.63) is 24.5 Å². The number of carbonyl (C=O) groups excluding carboxylic acids is 1. The summed E-state index contributed by atoms with van der Waals surface area (Å²) < 4.78 is 6.79. The van der Waals surface area contributed by atoms with E-state index in [1.807, 2.05) is 12.1 Å². The van der Waals surface area contributed by atoms with Gasteiger partial charge in [-0.15, -0.1) is 0 Å². The minimum Gasteiger partial charge on any atom is -0.380 e. The van der Waals surface area contributed by atoms with Crippen LogP contribution in [0.1, 0.15) is 11.2 Å². The van der Waals surface area contributed by atoms with Gasteiger partial charge in [0.05, 0.1) is 12.1 Å². The van der Waals surface area contributed by atoms with Gasteiger partial charge >= 0.3 is 0 Å². The summed E-state index contributed by atoms with van der Waals surface area (Å²) in [5.74, 6) is 0.0922. The zero-order chi connectivity index (χ0) is 9.97. The van der Waals surface area contributed by atoms with Crippen molar-refractivity contribution in [2.75, 3.05) is 13.7 Å². The summed E-state index contributed by atoms with van der Waals surface area (Å²) in [7, 11) is 1.68. The van der Waals surface area contributed by atoms with Gasteiger partial charge in [0.15, 0.2) is 0 Å². The highest BCUT2D eigenvalue weighted by Gasteiger charge is 2.29. The molecule has 0 amide bonds. The number of carbonyl (C=O) groups is 1. The lowest BCUT2D eigenvalue weighted by Gasteiger charge is -2.09. The zero-order valence-corrected chi connectivity index (χ0v) is 8.14. The van der Waals surface area contributed by atoms with Gasteiger partial charge in [-0.25, -0.2) is 0 Å². The Bertz CT molecular complexity index is 308. The lowest BCUT2D eigenvalue weighted by molar-refractivity contribution is 0.0841. The lowest BCUT2D eigenvalue weighted by atomic mass is 10.2. The molecule has 0 unspecified atom stereocenters. The first kappa shape index (κ1) is 9.43. The predicted molar refractivity (Wildman–Crippen MR) is 52.3 cm³/mol. The van der Waals surface area contributed by atoms with E-state index < -0.39 is 0 Å². The van der Waals surface area contributed by atoms with Gasteiger partial charge in [0.25, 0.3) is 0 Å². The van der Waals surface area contributed by atoms with Crippen LogP contribution in [0.5, 0.6) is 0 Å². The van der Waals surface area contributed by atoms with Gasteiger partial charge in [-0.2, -0.15) is 0 Å². The van der Waals surface area contributed by atoms with Crippen LogP contribution in [0.4, 0.5) is 0 Å². The van der Waals surface area contributed by atoms with E-state index in [4.69, 9.17) is 4.74 Å². The van der Waals surface area contributed by atoms with E-state index in [-0.39, 0.29) is 18.1 Å². The van der Waals surface area contributed by atoms with E-state index >= 15 is 0 Å². The molecule has 0 aromatic carbocycles. The number of nitrogens with one attached hydrogen (secondary N) is 1. The predicted octanol–water partition coefficient (Wildman–Crippen LogP) is 0.505. The fourth-order valence-corrected chi connectivity index (χ4v) is 1.73. The van der Waals surface area contributed by atoms with Gasteiger partial charge in [-0.05, 0) is 18.6 Å². The normalized spacial score (nSPS) is 26.6. The van der Waals surface area contributed by atoms with Crippen LogP contribution in [0.15, 0.2) is 24.5 Å². The summed E-state index contributed by atoms with van der Waals surface area (Å²) in [6, 6.07) is 3.59. The fraction of sp³-hybridized carbons (Fsp3) is 0.500. The van der Waals surface area contributed by atoms with E-state index in [1.165, 1.54) is 0 Å². The van der Waals surface area contributed by atoms with Crippen LogP contribution in [0.3, 0.4) is 0 Å². The van der Waals surface area contributed by atoms with Crippen LogP contribution in [0.2, 0.25) is 0 Å². The number of rotatable bonds is 2. The molecule has 14 heavy (non-hydrogen) atoms. The monoisotopic (exact) mass is 194 g/mol. The SMILES string of the molecule is CO[C@H]1CN[C@@H](C(=O)n2cccc2)C1. The highest BCUT2D eigenvalue weighted by Crippen LogP contribution is 2.11. The lowest BCUT2D eigenvalue weighted by Crippen LogP contribution is -2.34. The van der Waals surface area contributed by atoms with Crippen LogP contribution in [-0.2, 0) is 4.74 Å². The summed E-state index contributed by atoms with van der Waals surface area (Å²) >= 11 is 0. The van der Waals surface area contributed by atoms with E-state index in [0.717, 1.165) is 13.0 Å². The zero-order valence-electron chi connectivity index (χ0n) is 8.14. The molecular formula is C10H14N2O2. The standard InChI is InChI=1S/C10H14N2O2/c1-14-8-6-9(11-7-8)10(13)12-4-2-3-5-12/h2-5,8-9,11H,6-7H2,1H3/t8-,9-/m1/s1. The smallest absolute Gasteiger partial charge is 0.247 e. The molecule has 0 spiro atoms. The number of ether oxygens (including phenoxy) is 1. The number of nitrogens with zero attached hydrogens (tertiary/aromatic N) is 1. The third-order valence-corrected chi connectivity index (χ3v) is 2.58. The molecule has 1 aliphatic rings. The summed E-state index contributed by atoms with van der Waals surface area (Å²) in [6.45, 7) is 0.758. The maximum absolute atomic E-state index is 11.8. The molecule has 1 aromatic heterocycles. The topological polar surface area (TPSA) is 43.3 Å². The van der Waals surface area contributed by atoms with Gasteiger partial charge < -0.3 is 10.1 Å². The first-order valence-electron chi connectivity index (χ1n) is 4.74. The maximum atomic E-state index is 11.8. The highest BCUT2D eigenvalue weighted by atomic mass is 16.5. The Morgan fingerprint density at radius 1 is 1.50 bits per heavy atom. The Morgan fingerprint density at radius 3 is 2.79 bits per heavy atom. The van der Waals surface area contributed by atoms with Gasteiger partial charge in [0.1, 0.15) is 0 Å². The second-order valence-corrected chi connectivity index (χ2v) is 3.48. The summed E-state index contributed by atoms with van der Waals surface area (Å²) in [5, 5.41) is 3.15. The molecule has 0 aliphatic carbocycles. The molecule has 0 radical (unpaired) electrons. The highest BCUT2D eigenvalue weighted by molar-refractivity contribution is 5.84. The Morgan fingerprint density at radius 2 is 2.21 bits per heavy atom. The second kappa shape index (κ2) is 3.94. The Balaban J connectivity index is 2.00. The van der Waals surface area contributed by atoms with Gasteiger partial charge in [0.2, 0.25) is 5.91 Å². The Kier molecular flexibility index (Phi) is 2.65. The molecule has 2 atom stereocenters. The summed E-state index contributed by atoms with van der Waals surface area (Å²) in [6.07, 6.45) is 4.46. The number of hydrogen-bond donors (Lipinski definition) is 1. The van der Waals surface area contributed by atoms with E-state index in [2.05, 4.69) is 5.32 Å². The van der Waals surface area contributed by atoms with Crippen molar-refractivity contribution in [3.63, 3.8) is 0 Å². The van der Waals surface area contributed by atoms with Crippen molar-refractivity contribution in [1.29, 1.82) is 0 Å². The molecule has 1 aromatic rings. The first-order chi connectivity index (χ1) is 6.81. The molecule has 1 aliphatic heterocycles. The first-order valence-corrected chi connectivity index (χ1v) is 4.74. The van der Waals surface area contributed by atoms with Crippen LogP contribution in [0, 0.1) is 0 Å². The van der Waals surface area contributed by atoms with Crippen LogP contribution in [0.25, 0.3) is 0 Å². The fourth-order valence-electron chi connectivity index (χ4n) is 1.73. The number of hydrogen-bond acceptors (Lipinski definition) is 3. The molecule has 0 saturated carbocycles. The maximum Gasteiger partial charge on any atom is 0.247 e. The largest absolute Gasteiger partial charge is 0.380 e. The average Bonchev–Trinajstić information content (AvgIpc) is 2.88. The van der Waals surface area contributed by atoms with Crippen molar-refractivity contribution in [2.24, 2.45) is 0 Å². The molecule has 1 N–H and O–H groups in total. The van der Waals surface area contributed by atoms with Crippen LogP contribution >= 0.6 is 0 Å². The molecule has 2 rings (SSSR count). The Hall–Kier alpha value is -1.13. The third-order valence-electron chi connectivity index (χ3n) is 2.58. The Labute approximate surface area is 82.9 Å². The van der Waals surface area contributed by atoms with Crippen molar-refractivity contribution in [2.45, 2.75) is 18.6 Å². The number of methoxy groups -OCH3 is 1. The summed E-state index contributed by atoms with van der Waals surface area (Å²) in [4.78, 5) is 11.8. The molecular weight excluding hydrogens is 180 g/mol. The van der Waals surface area contributed by atoms with E-state index in [9.17, 15) is 4.79 Å². The van der Waals surface area contributed by atoms with Crippen molar-refractivity contribution < 1.29 is 9.53 Å². The van der Waals surface area contributed by atoms with Crippen molar-refractivity contribution in [3.8, 4) is 0 Å². The van der Waals surface area contributed by atoms with Gasteiger partial charge in [-0.3, -0.25) is 9.36 Å². The molecule has 76 valence electrons. The van der Waals surface area contributed by atoms with Crippen molar-refractivity contribution in [1.82, 2.24) is 9.88 Å².